The van der Waals surface area contributed by atoms with Crippen LogP contribution in [-0.2, 0) is 23.7 Å². The fraction of sp³-hybridized carbons (Fsp3) is 0.979. The molecule has 12 unspecified atom stereocenters. The number of amides is 1. The zero-order valence-corrected chi connectivity index (χ0v) is 38.2. The molecule has 0 bridgehead atoms. The normalized spacial score (nSPS) is 27.9. The first-order valence-corrected chi connectivity index (χ1v) is 24.7. The van der Waals surface area contributed by atoms with Gasteiger partial charge >= 0.3 is 0 Å². The number of aliphatic hydroxyl groups is 8. The Balaban J connectivity index is 1.48. The number of ether oxygens (including phenoxy) is 4. The van der Waals surface area contributed by atoms with Gasteiger partial charge in [-0.25, -0.2) is 0 Å². The van der Waals surface area contributed by atoms with Gasteiger partial charge in [0.1, 0.15) is 48.8 Å². The summed E-state index contributed by atoms with van der Waals surface area (Å²) >= 11 is 0. The van der Waals surface area contributed by atoms with Crippen molar-refractivity contribution in [1.29, 1.82) is 0 Å². The van der Waals surface area contributed by atoms with E-state index in [4.69, 9.17) is 18.9 Å². The van der Waals surface area contributed by atoms with Crippen LogP contribution in [0.15, 0.2) is 0 Å². The third kappa shape index (κ3) is 23.7. The molecule has 2 heterocycles. The van der Waals surface area contributed by atoms with E-state index in [1.165, 1.54) is 161 Å². The summed E-state index contributed by atoms with van der Waals surface area (Å²) in [5, 5.41) is 85.2. The van der Waals surface area contributed by atoms with Gasteiger partial charge in [0.2, 0.25) is 5.91 Å². The van der Waals surface area contributed by atoms with Crippen LogP contribution in [0.4, 0.5) is 0 Å². The second-order valence-electron chi connectivity index (χ2n) is 18.0. The molecule has 0 saturated carbocycles. The van der Waals surface area contributed by atoms with Gasteiger partial charge in [-0.1, -0.05) is 187 Å². The molecular weight excluding hydrogens is 787 g/mol. The Kier molecular flexibility index (Phi) is 32.5. The molecular formula is C47H91NO13. The van der Waals surface area contributed by atoms with Gasteiger partial charge in [-0.05, 0) is 6.42 Å². The Morgan fingerprint density at radius 3 is 1.30 bits per heavy atom. The van der Waals surface area contributed by atoms with Crippen molar-refractivity contribution in [1.82, 2.24) is 5.32 Å². The molecule has 0 aromatic carbocycles. The number of aliphatic hydroxyl groups excluding tert-OH is 8. The Bertz CT molecular complexity index is 1040. The van der Waals surface area contributed by atoms with Gasteiger partial charge in [0.25, 0.3) is 0 Å². The summed E-state index contributed by atoms with van der Waals surface area (Å²) in [4.78, 5) is 11.9. The van der Waals surface area contributed by atoms with Crippen LogP contribution in [0.1, 0.15) is 200 Å². The molecule has 1 amide bonds. The number of hydrogen-bond acceptors (Lipinski definition) is 13. The van der Waals surface area contributed by atoms with Crippen molar-refractivity contribution in [3.05, 3.63) is 0 Å². The van der Waals surface area contributed by atoms with Crippen molar-refractivity contribution >= 4 is 5.91 Å². The maximum absolute atomic E-state index is 11.9. The van der Waals surface area contributed by atoms with E-state index in [2.05, 4.69) is 12.2 Å². The topological polar surface area (TPSA) is 228 Å². The fourth-order valence-electron chi connectivity index (χ4n) is 8.63. The van der Waals surface area contributed by atoms with Crippen molar-refractivity contribution in [3.63, 3.8) is 0 Å². The number of rotatable bonds is 38. The Morgan fingerprint density at radius 2 is 0.902 bits per heavy atom. The third-order valence-corrected chi connectivity index (χ3v) is 12.6. The van der Waals surface area contributed by atoms with Crippen LogP contribution in [0.3, 0.4) is 0 Å². The minimum absolute atomic E-state index is 0.259. The summed E-state index contributed by atoms with van der Waals surface area (Å²) < 4.78 is 22.3. The van der Waals surface area contributed by atoms with E-state index in [1.807, 2.05) is 0 Å². The van der Waals surface area contributed by atoms with Crippen molar-refractivity contribution in [2.45, 2.75) is 274 Å². The van der Waals surface area contributed by atoms with Gasteiger partial charge in [-0.15, -0.1) is 0 Å². The molecule has 0 aromatic rings. The molecule has 2 saturated heterocycles. The van der Waals surface area contributed by atoms with Crippen LogP contribution in [-0.4, -0.2) is 140 Å². The van der Waals surface area contributed by atoms with Crippen molar-refractivity contribution < 1.29 is 64.6 Å². The summed E-state index contributed by atoms with van der Waals surface area (Å²) in [6.07, 6.45) is 21.0. The average Bonchev–Trinajstić information content (AvgIpc) is 3.25. The fourth-order valence-corrected chi connectivity index (χ4v) is 8.63. The van der Waals surface area contributed by atoms with Gasteiger partial charge in [0.15, 0.2) is 12.6 Å². The molecule has 0 radical (unpaired) electrons. The average molecular weight is 878 g/mol. The predicted molar refractivity (Wildman–Crippen MR) is 236 cm³/mol. The van der Waals surface area contributed by atoms with Gasteiger partial charge in [-0.3, -0.25) is 4.79 Å². The lowest BCUT2D eigenvalue weighted by Crippen LogP contribution is -2.65. The van der Waals surface area contributed by atoms with Crippen LogP contribution in [0.2, 0.25) is 0 Å². The minimum atomic E-state index is -1.77. The molecule has 362 valence electrons. The van der Waals surface area contributed by atoms with Crippen LogP contribution in [0.5, 0.6) is 0 Å². The van der Waals surface area contributed by atoms with Crippen LogP contribution in [0.25, 0.3) is 0 Å². The molecule has 9 N–H and O–H groups in total. The first-order chi connectivity index (χ1) is 29.5. The number of carbonyl (C=O) groups excluding carboxylic acids is 1. The van der Waals surface area contributed by atoms with E-state index in [0.717, 1.165) is 25.7 Å². The first kappa shape index (κ1) is 56.1. The Hall–Kier alpha value is -1.01. The summed E-state index contributed by atoms with van der Waals surface area (Å²) in [5.41, 5.74) is 0. The van der Waals surface area contributed by atoms with Crippen molar-refractivity contribution in [2.75, 3.05) is 19.8 Å². The molecule has 14 heteroatoms. The Labute approximate surface area is 368 Å². The lowest BCUT2D eigenvalue weighted by atomic mass is 9.97. The van der Waals surface area contributed by atoms with E-state index in [9.17, 15) is 45.6 Å². The highest BCUT2D eigenvalue weighted by molar-refractivity contribution is 5.73. The highest BCUT2D eigenvalue weighted by atomic mass is 16.7. The maximum atomic E-state index is 11.9. The molecule has 0 aliphatic carbocycles. The van der Waals surface area contributed by atoms with E-state index >= 15 is 0 Å². The van der Waals surface area contributed by atoms with Crippen LogP contribution in [0, 0.1) is 0 Å². The standard InChI is InChI=1S/C47H91NO13/c1-3-4-5-6-7-8-9-10-11-12-13-14-15-16-17-18-19-20-21-22-23-24-25-26-27-28-29-30-31-37(52)36(48-35(2)51)34-58-46-44(57)42(55)45(39(33-50)60-46)61-47-43(56)41(54)40(53)38(32-49)59-47/h36-47,49-50,52-57H,3-34H2,1-2H3,(H,48,51). The number of nitrogens with one attached hydrogen (secondary N) is 1. The molecule has 2 aliphatic rings. The van der Waals surface area contributed by atoms with E-state index in [0.29, 0.717) is 6.42 Å². The lowest BCUT2D eigenvalue weighted by Gasteiger charge is -2.46. The van der Waals surface area contributed by atoms with Gasteiger partial charge in [0.05, 0.1) is 32.0 Å². The van der Waals surface area contributed by atoms with E-state index in [1.54, 1.807) is 0 Å². The highest BCUT2D eigenvalue weighted by Gasteiger charge is 2.51. The molecule has 12 atom stereocenters. The van der Waals surface area contributed by atoms with Crippen LogP contribution < -0.4 is 5.32 Å². The van der Waals surface area contributed by atoms with Gasteiger partial charge in [0, 0.05) is 6.92 Å². The summed E-state index contributed by atoms with van der Waals surface area (Å²) in [6.45, 7) is 1.94. The molecule has 2 fully saturated rings. The zero-order chi connectivity index (χ0) is 44.7. The van der Waals surface area contributed by atoms with E-state index < -0.39 is 86.8 Å². The molecule has 0 aromatic heterocycles. The first-order valence-electron chi connectivity index (χ1n) is 24.7. The van der Waals surface area contributed by atoms with E-state index in [-0.39, 0.29) is 12.5 Å². The molecule has 0 spiro atoms. The maximum Gasteiger partial charge on any atom is 0.217 e. The quantitative estimate of drug-likeness (QED) is 0.0334. The van der Waals surface area contributed by atoms with Crippen LogP contribution >= 0.6 is 0 Å². The lowest BCUT2D eigenvalue weighted by molar-refractivity contribution is -0.359. The third-order valence-electron chi connectivity index (χ3n) is 12.6. The molecule has 61 heavy (non-hydrogen) atoms. The molecule has 2 rings (SSSR count). The molecule has 2 aliphatic heterocycles. The SMILES string of the molecule is CCCCCCCCCCCCCCCCCCCCCCCCCCCCCCC(O)C(COC1OC(CO)C(OC2OC(CO)C(O)C(O)C2O)C(O)C1O)NC(C)=O. The number of hydrogen-bond donors (Lipinski definition) is 9. The monoisotopic (exact) mass is 878 g/mol. The summed E-state index contributed by atoms with van der Waals surface area (Å²) in [5.74, 6) is -0.380. The van der Waals surface area contributed by atoms with Crippen molar-refractivity contribution in [2.24, 2.45) is 0 Å². The number of carbonyl (C=O) groups is 1. The summed E-state index contributed by atoms with van der Waals surface area (Å²) in [6, 6.07) is -0.824. The highest BCUT2D eigenvalue weighted by Crippen LogP contribution is 2.30. The number of unbranched alkanes of at least 4 members (excludes halogenated alkanes) is 27. The molecule has 14 nitrogen and oxygen atoms in total. The predicted octanol–water partition coefficient (Wildman–Crippen LogP) is 5.83. The minimum Gasteiger partial charge on any atom is -0.394 e. The second kappa shape index (κ2) is 35.3. The van der Waals surface area contributed by atoms with Gasteiger partial charge in [-0.2, -0.15) is 0 Å². The Morgan fingerprint density at radius 1 is 0.525 bits per heavy atom. The zero-order valence-electron chi connectivity index (χ0n) is 38.2. The second-order valence-corrected chi connectivity index (χ2v) is 18.0. The van der Waals surface area contributed by atoms with Crippen molar-refractivity contribution in [3.8, 4) is 0 Å². The summed E-state index contributed by atoms with van der Waals surface area (Å²) in [7, 11) is 0. The van der Waals surface area contributed by atoms with Gasteiger partial charge < -0.3 is 65.1 Å². The smallest absolute Gasteiger partial charge is 0.217 e. The largest absolute Gasteiger partial charge is 0.394 e.